The third-order valence-corrected chi connectivity index (χ3v) is 4.26. The van der Waals surface area contributed by atoms with E-state index in [2.05, 4.69) is 10.5 Å². The molecule has 0 atom stereocenters. The summed E-state index contributed by atoms with van der Waals surface area (Å²) >= 11 is 0. The van der Waals surface area contributed by atoms with Gasteiger partial charge in [0.05, 0.1) is 11.1 Å². The van der Waals surface area contributed by atoms with E-state index in [0.29, 0.717) is 22.8 Å². The van der Waals surface area contributed by atoms with Crippen LogP contribution in [0.5, 0.6) is 5.75 Å². The summed E-state index contributed by atoms with van der Waals surface area (Å²) in [5.41, 5.74) is 4.98. The number of nitro groups is 1. The minimum absolute atomic E-state index is 0.0229. The Balaban J connectivity index is 1.56. The standard InChI is InChI=1S/C21H19N3O5/c1-14-5-3-8-19(15(14)2)28-13-21(25)23-22-12-18-9-10-20(29-18)16-6-4-7-17(11-16)24(26)27/h3-12H,13H2,1-2H3,(H,23,25). The van der Waals surface area contributed by atoms with Crippen LogP contribution < -0.4 is 10.2 Å². The van der Waals surface area contributed by atoms with Gasteiger partial charge < -0.3 is 9.15 Å². The summed E-state index contributed by atoms with van der Waals surface area (Å²) < 4.78 is 11.1. The van der Waals surface area contributed by atoms with E-state index in [1.165, 1.54) is 18.3 Å². The van der Waals surface area contributed by atoms with E-state index in [1.807, 2.05) is 26.0 Å². The Morgan fingerprint density at radius 3 is 2.79 bits per heavy atom. The van der Waals surface area contributed by atoms with Gasteiger partial charge in [0, 0.05) is 17.7 Å². The fourth-order valence-electron chi connectivity index (χ4n) is 2.57. The van der Waals surface area contributed by atoms with Crippen LogP contribution in [0.2, 0.25) is 0 Å². The number of furan rings is 1. The van der Waals surface area contributed by atoms with Crippen molar-refractivity contribution in [2.75, 3.05) is 6.61 Å². The number of nitro benzene ring substituents is 1. The molecule has 0 unspecified atom stereocenters. The third-order valence-electron chi connectivity index (χ3n) is 4.26. The Hall–Kier alpha value is -3.94. The Bertz CT molecular complexity index is 1070. The summed E-state index contributed by atoms with van der Waals surface area (Å²) in [6.07, 6.45) is 1.34. The van der Waals surface area contributed by atoms with Crippen LogP contribution in [0.3, 0.4) is 0 Å². The zero-order valence-corrected chi connectivity index (χ0v) is 15.9. The number of nitrogens with one attached hydrogen (secondary N) is 1. The number of amides is 1. The molecule has 0 spiro atoms. The van der Waals surface area contributed by atoms with Gasteiger partial charge >= 0.3 is 0 Å². The molecule has 0 aliphatic heterocycles. The number of carbonyl (C=O) groups is 1. The van der Waals surface area contributed by atoms with Gasteiger partial charge in [0.25, 0.3) is 11.6 Å². The molecular weight excluding hydrogens is 374 g/mol. The molecule has 1 N–H and O–H groups in total. The average Bonchev–Trinajstić information content (AvgIpc) is 3.18. The number of hydrogen-bond acceptors (Lipinski definition) is 6. The molecule has 2 aromatic carbocycles. The zero-order chi connectivity index (χ0) is 20.8. The zero-order valence-electron chi connectivity index (χ0n) is 15.9. The van der Waals surface area contributed by atoms with Gasteiger partial charge in [-0.1, -0.05) is 24.3 Å². The second-order valence-corrected chi connectivity index (χ2v) is 6.29. The molecule has 1 amide bonds. The highest BCUT2D eigenvalue weighted by atomic mass is 16.6. The first kappa shape index (κ1) is 19.8. The van der Waals surface area contributed by atoms with Crippen LogP contribution in [0.15, 0.2) is 64.1 Å². The van der Waals surface area contributed by atoms with Crippen molar-refractivity contribution in [3.05, 3.63) is 81.6 Å². The SMILES string of the molecule is Cc1cccc(OCC(=O)NN=Cc2ccc(-c3cccc([N+](=O)[O-])c3)o2)c1C. The van der Waals surface area contributed by atoms with Crippen molar-refractivity contribution in [1.82, 2.24) is 5.43 Å². The topological polar surface area (TPSA) is 107 Å². The van der Waals surface area contributed by atoms with Gasteiger partial charge in [-0.3, -0.25) is 14.9 Å². The summed E-state index contributed by atoms with van der Waals surface area (Å²) in [5, 5.41) is 14.7. The molecular formula is C21H19N3O5. The lowest BCUT2D eigenvalue weighted by molar-refractivity contribution is -0.384. The third kappa shape index (κ3) is 5.07. The number of benzene rings is 2. The maximum atomic E-state index is 11.9. The lowest BCUT2D eigenvalue weighted by atomic mass is 10.1. The maximum absolute atomic E-state index is 11.9. The second-order valence-electron chi connectivity index (χ2n) is 6.29. The average molecular weight is 393 g/mol. The van der Waals surface area contributed by atoms with Gasteiger partial charge in [0.1, 0.15) is 17.3 Å². The molecule has 0 bridgehead atoms. The number of hydrogen-bond donors (Lipinski definition) is 1. The van der Waals surface area contributed by atoms with Crippen molar-refractivity contribution in [1.29, 1.82) is 0 Å². The number of nitrogens with zero attached hydrogens (tertiary/aromatic N) is 2. The number of hydrazone groups is 1. The first-order chi connectivity index (χ1) is 13.9. The van der Waals surface area contributed by atoms with Crippen LogP contribution in [-0.4, -0.2) is 23.7 Å². The van der Waals surface area contributed by atoms with Gasteiger partial charge in [0.2, 0.25) is 0 Å². The van der Waals surface area contributed by atoms with Gasteiger partial charge in [-0.05, 0) is 43.2 Å². The molecule has 8 nitrogen and oxygen atoms in total. The monoisotopic (exact) mass is 393 g/mol. The van der Waals surface area contributed by atoms with Gasteiger partial charge in [0.15, 0.2) is 6.61 Å². The maximum Gasteiger partial charge on any atom is 0.277 e. The summed E-state index contributed by atoms with van der Waals surface area (Å²) in [4.78, 5) is 22.3. The van der Waals surface area contributed by atoms with Crippen LogP contribution in [0.1, 0.15) is 16.9 Å². The van der Waals surface area contributed by atoms with E-state index in [9.17, 15) is 14.9 Å². The number of non-ortho nitro benzene ring substituents is 1. The van der Waals surface area contributed by atoms with Crippen molar-refractivity contribution < 1.29 is 18.9 Å². The molecule has 0 radical (unpaired) electrons. The van der Waals surface area contributed by atoms with Crippen molar-refractivity contribution in [3.63, 3.8) is 0 Å². The second kappa shape index (κ2) is 8.83. The highest BCUT2D eigenvalue weighted by Crippen LogP contribution is 2.25. The van der Waals surface area contributed by atoms with E-state index in [-0.39, 0.29) is 12.3 Å². The van der Waals surface area contributed by atoms with Crippen LogP contribution in [-0.2, 0) is 4.79 Å². The first-order valence-electron chi connectivity index (χ1n) is 8.79. The predicted molar refractivity (Wildman–Crippen MR) is 108 cm³/mol. The van der Waals surface area contributed by atoms with Crippen molar-refractivity contribution in [2.24, 2.45) is 5.10 Å². The predicted octanol–water partition coefficient (Wildman–Crippen LogP) is 4.00. The molecule has 0 aliphatic rings. The molecule has 0 saturated carbocycles. The Morgan fingerprint density at radius 1 is 1.21 bits per heavy atom. The molecule has 1 aromatic heterocycles. The molecule has 148 valence electrons. The summed E-state index contributed by atoms with van der Waals surface area (Å²) in [6.45, 7) is 3.73. The minimum atomic E-state index is -0.468. The molecule has 1 heterocycles. The van der Waals surface area contributed by atoms with E-state index >= 15 is 0 Å². The highest BCUT2D eigenvalue weighted by Gasteiger charge is 2.10. The largest absolute Gasteiger partial charge is 0.483 e. The number of rotatable bonds is 7. The Kier molecular flexibility index (Phi) is 6.03. The fourth-order valence-corrected chi connectivity index (χ4v) is 2.57. The van der Waals surface area contributed by atoms with Crippen molar-refractivity contribution in [2.45, 2.75) is 13.8 Å². The minimum Gasteiger partial charge on any atom is -0.483 e. The summed E-state index contributed by atoms with van der Waals surface area (Å²) in [6, 6.07) is 15.1. The number of ether oxygens (including phenoxy) is 1. The Labute approximate surface area is 167 Å². The first-order valence-corrected chi connectivity index (χ1v) is 8.79. The Morgan fingerprint density at radius 2 is 2.00 bits per heavy atom. The molecule has 29 heavy (non-hydrogen) atoms. The van der Waals surface area contributed by atoms with Gasteiger partial charge in [-0.25, -0.2) is 5.43 Å². The normalized spacial score (nSPS) is 10.8. The lowest BCUT2D eigenvalue weighted by Gasteiger charge is -2.09. The lowest BCUT2D eigenvalue weighted by Crippen LogP contribution is -2.24. The number of carbonyl (C=O) groups excluding carboxylic acids is 1. The van der Waals surface area contributed by atoms with Crippen molar-refractivity contribution in [3.8, 4) is 17.1 Å². The summed E-state index contributed by atoms with van der Waals surface area (Å²) in [7, 11) is 0. The fraction of sp³-hybridized carbons (Fsp3) is 0.143. The van der Waals surface area contributed by atoms with E-state index in [4.69, 9.17) is 9.15 Å². The van der Waals surface area contributed by atoms with Crippen LogP contribution in [0.4, 0.5) is 5.69 Å². The van der Waals surface area contributed by atoms with Crippen molar-refractivity contribution >= 4 is 17.8 Å². The quantitative estimate of drug-likeness (QED) is 0.371. The molecule has 0 aliphatic carbocycles. The van der Waals surface area contributed by atoms with Gasteiger partial charge in [-0.15, -0.1) is 0 Å². The smallest absolute Gasteiger partial charge is 0.277 e. The molecule has 3 rings (SSSR count). The van der Waals surface area contributed by atoms with Crippen LogP contribution in [0.25, 0.3) is 11.3 Å². The van der Waals surface area contributed by atoms with E-state index < -0.39 is 10.8 Å². The molecule has 3 aromatic rings. The molecule has 0 saturated heterocycles. The van der Waals surface area contributed by atoms with Crippen LogP contribution in [0, 0.1) is 24.0 Å². The highest BCUT2D eigenvalue weighted by molar-refractivity contribution is 5.81. The van der Waals surface area contributed by atoms with E-state index in [0.717, 1.165) is 11.1 Å². The van der Waals surface area contributed by atoms with E-state index in [1.54, 1.807) is 30.3 Å². The summed E-state index contributed by atoms with van der Waals surface area (Å²) in [5.74, 6) is 1.09. The van der Waals surface area contributed by atoms with Gasteiger partial charge in [-0.2, -0.15) is 5.10 Å². The molecule has 8 heteroatoms. The molecule has 0 fully saturated rings. The number of aryl methyl sites for hydroxylation is 1. The van der Waals surface area contributed by atoms with Crippen LogP contribution >= 0.6 is 0 Å².